The summed E-state index contributed by atoms with van der Waals surface area (Å²) in [7, 11) is 0. The number of likely N-dealkylation sites (tertiary alicyclic amines) is 1. The lowest BCUT2D eigenvalue weighted by Crippen LogP contribution is -2.36. The third-order valence-electron chi connectivity index (χ3n) is 5.02. The molecule has 3 heterocycles. The van der Waals surface area contributed by atoms with Crippen LogP contribution < -0.4 is 5.56 Å². The minimum atomic E-state index is 0.0142. The lowest BCUT2D eigenvalue weighted by molar-refractivity contribution is 0.164. The molecule has 2 fully saturated rings. The fourth-order valence-electron chi connectivity index (χ4n) is 3.39. The highest BCUT2D eigenvalue weighted by Crippen LogP contribution is 2.41. The van der Waals surface area contributed by atoms with E-state index in [1.54, 1.807) is 16.8 Å². The van der Waals surface area contributed by atoms with Crippen LogP contribution in [-0.2, 0) is 13.1 Å². The third kappa shape index (κ3) is 3.75. The minimum Gasteiger partial charge on any atom is -0.298 e. The summed E-state index contributed by atoms with van der Waals surface area (Å²) in [4.78, 5) is 20.4. The van der Waals surface area contributed by atoms with Gasteiger partial charge in [-0.2, -0.15) is 5.10 Å². The Morgan fingerprint density at radius 1 is 1.21 bits per heavy atom. The van der Waals surface area contributed by atoms with Gasteiger partial charge in [0.05, 0.1) is 10.7 Å². The molecule has 2 aromatic rings. The first kappa shape index (κ1) is 16.0. The molecule has 0 N–H and O–H groups in total. The maximum atomic E-state index is 11.9. The second-order valence-corrected chi connectivity index (χ2v) is 8.30. The number of aromatic nitrogens is 3. The van der Waals surface area contributed by atoms with Gasteiger partial charge < -0.3 is 0 Å². The largest absolute Gasteiger partial charge is 0.298 e. The van der Waals surface area contributed by atoms with Crippen molar-refractivity contribution < 1.29 is 0 Å². The van der Waals surface area contributed by atoms with Crippen molar-refractivity contribution in [2.45, 2.75) is 51.6 Å². The third-order valence-corrected chi connectivity index (χ3v) is 6.16. The van der Waals surface area contributed by atoms with E-state index in [9.17, 15) is 4.79 Å². The summed E-state index contributed by atoms with van der Waals surface area (Å²) in [6.45, 7) is 5.91. The fraction of sp³-hybridized carbons (Fsp3) is 0.611. The van der Waals surface area contributed by atoms with Gasteiger partial charge in [-0.1, -0.05) is 0 Å². The first-order valence-corrected chi connectivity index (χ1v) is 9.71. The molecule has 0 spiro atoms. The highest BCUT2D eigenvalue weighted by Gasteiger charge is 2.27. The van der Waals surface area contributed by atoms with Crippen molar-refractivity contribution in [3.05, 3.63) is 44.3 Å². The van der Waals surface area contributed by atoms with Crippen molar-refractivity contribution in [2.75, 3.05) is 13.1 Å². The summed E-state index contributed by atoms with van der Waals surface area (Å²) in [5.74, 6) is 1.31. The van der Waals surface area contributed by atoms with Gasteiger partial charge in [0, 0.05) is 36.1 Å². The molecule has 128 valence electrons. The molecule has 1 aliphatic heterocycles. The van der Waals surface area contributed by atoms with Crippen LogP contribution in [0.1, 0.15) is 47.2 Å². The Hall–Kier alpha value is -1.53. The minimum absolute atomic E-state index is 0.0142. The molecule has 0 atom stereocenters. The van der Waals surface area contributed by atoms with Crippen LogP contribution in [0.4, 0.5) is 0 Å². The van der Waals surface area contributed by atoms with Gasteiger partial charge in [0.2, 0.25) is 0 Å². The van der Waals surface area contributed by atoms with Gasteiger partial charge in [0.25, 0.3) is 5.56 Å². The molecule has 2 aliphatic rings. The average Bonchev–Trinajstić information content (AvgIpc) is 3.33. The van der Waals surface area contributed by atoms with Gasteiger partial charge in [0.15, 0.2) is 0 Å². The summed E-state index contributed by atoms with van der Waals surface area (Å²) in [6, 6.07) is 3.41. The monoisotopic (exact) mass is 344 g/mol. The predicted octanol–water partition coefficient (Wildman–Crippen LogP) is 2.80. The zero-order valence-electron chi connectivity index (χ0n) is 14.1. The van der Waals surface area contributed by atoms with Crippen molar-refractivity contribution in [1.82, 2.24) is 19.7 Å². The van der Waals surface area contributed by atoms with E-state index < -0.39 is 0 Å². The van der Waals surface area contributed by atoms with Gasteiger partial charge in [-0.15, -0.1) is 11.3 Å². The van der Waals surface area contributed by atoms with Gasteiger partial charge in [-0.05, 0) is 57.7 Å². The number of hydrogen-bond acceptors (Lipinski definition) is 5. The molecule has 24 heavy (non-hydrogen) atoms. The van der Waals surface area contributed by atoms with Gasteiger partial charge in [-0.25, -0.2) is 9.67 Å². The number of aryl methyl sites for hydroxylation is 1. The summed E-state index contributed by atoms with van der Waals surface area (Å²) >= 11 is 1.90. The first-order chi connectivity index (χ1) is 11.7. The van der Waals surface area contributed by atoms with Crippen LogP contribution in [-0.4, -0.2) is 32.8 Å². The molecule has 0 aromatic carbocycles. The summed E-state index contributed by atoms with van der Waals surface area (Å²) in [5, 5.41) is 5.70. The zero-order valence-corrected chi connectivity index (χ0v) is 15.0. The van der Waals surface area contributed by atoms with Gasteiger partial charge in [0.1, 0.15) is 0 Å². The van der Waals surface area contributed by atoms with Crippen LogP contribution in [0.2, 0.25) is 0 Å². The SMILES string of the molecule is Cc1ccc(=O)n(CC2CCN(Cc3cnc(C4CC4)s3)CC2)n1. The number of rotatable bonds is 5. The molecule has 1 aliphatic carbocycles. The number of nitrogens with zero attached hydrogens (tertiary/aromatic N) is 4. The molecule has 0 unspecified atom stereocenters. The number of hydrogen-bond donors (Lipinski definition) is 0. The van der Waals surface area contributed by atoms with Crippen LogP contribution >= 0.6 is 11.3 Å². The summed E-state index contributed by atoms with van der Waals surface area (Å²) in [6.07, 6.45) is 6.99. The Morgan fingerprint density at radius 2 is 2.00 bits per heavy atom. The molecule has 1 saturated carbocycles. The van der Waals surface area contributed by atoms with E-state index >= 15 is 0 Å². The first-order valence-electron chi connectivity index (χ1n) is 8.89. The molecule has 0 amide bonds. The van der Waals surface area contributed by atoms with E-state index in [2.05, 4.69) is 21.2 Å². The van der Waals surface area contributed by atoms with E-state index in [1.807, 2.05) is 18.3 Å². The molecule has 4 rings (SSSR count). The van der Waals surface area contributed by atoms with E-state index in [0.717, 1.165) is 50.6 Å². The van der Waals surface area contributed by atoms with E-state index in [0.29, 0.717) is 5.92 Å². The average molecular weight is 344 g/mol. The second kappa shape index (κ2) is 6.76. The van der Waals surface area contributed by atoms with Crippen LogP contribution in [0.15, 0.2) is 23.1 Å². The smallest absolute Gasteiger partial charge is 0.266 e. The predicted molar refractivity (Wildman–Crippen MR) is 95.3 cm³/mol. The molecule has 0 bridgehead atoms. The van der Waals surface area contributed by atoms with Crippen LogP contribution in [0.3, 0.4) is 0 Å². The number of piperidine rings is 1. The molecule has 1 saturated heterocycles. The Balaban J connectivity index is 1.29. The highest BCUT2D eigenvalue weighted by atomic mass is 32.1. The molecule has 6 heteroatoms. The van der Waals surface area contributed by atoms with E-state index in [1.165, 1.54) is 22.7 Å². The van der Waals surface area contributed by atoms with Crippen molar-refractivity contribution in [2.24, 2.45) is 5.92 Å². The van der Waals surface area contributed by atoms with Crippen molar-refractivity contribution in [3.63, 3.8) is 0 Å². The maximum absolute atomic E-state index is 11.9. The molecule has 5 nitrogen and oxygen atoms in total. The Labute approximate surface area is 146 Å². The van der Waals surface area contributed by atoms with Gasteiger partial charge in [-0.3, -0.25) is 9.69 Å². The molecular formula is C18H24N4OS. The molecular weight excluding hydrogens is 320 g/mol. The van der Waals surface area contributed by atoms with Crippen LogP contribution in [0, 0.1) is 12.8 Å². The lowest BCUT2D eigenvalue weighted by atomic mass is 9.97. The van der Waals surface area contributed by atoms with E-state index in [4.69, 9.17) is 0 Å². The van der Waals surface area contributed by atoms with Crippen molar-refractivity contribution >= 4 is 11.3 Å². The normalized spacial score (nSPS) is 19.7. The Morgan fingerprint density at radius 3 is 2.75 bits per heavy atom. The Bertz CT molecular complexity index is 756. The summed E-state index contributed by atoms with van der Waals surface area (Å²) < 4.78 is 1.64. The lowest BCUT2D eigenvalue weighted by Gasteiger charge is -2.31. The van der Waals surface area contributed by atoms with Crippen molar-refractivity contribution in [1.29, 1.82) is 0 Å². The topological polar surface area (TPSA) is 51.0 Å². The van der Waals surface area contributed by atoms with Crippen LogP contribution in [0.25, 0.3) is 0 Å². The Kier molecular flexibility index (Phi) is 4.50. The van der Waals surface area contributed by atoms with Crippen LogP contribution in [0.5, 0.6) is 0 Å². The molecule has 2 aromatic heterocycles. The zero-order chi connectivity index (χ0) is 16.5. The van der Waals surface area contributed by atoms with Gasteiger partial charge >= 0.3 is 0 Å². The number of thiazole rings is 1. The molecule has 0 radical (unpaired) electrons. The maximum Gasteiger partial charge on any atom is 0.266 e. The fourth-order valence-corrected chi connectivity index (χ4v) is 4.52. The highest BCUT2D eigenvalue weighted by molar-refractivity contribution is 7.11. The van der Waals surface area contributed by atoms with Crippen molar-refractivity contribution in [3.8, 4) is 0 Å². The quantitative estimate of drug-likeness (QED) is 0.837. The standard InChI is InChI=1S/C18H24N4OS/c1-13-2-5-17(23)22(20-13)11-14-6-8-21(9-7-14)12-16-10-19-18(24-16)15-3-4-15/h2,5,10,14-15H,3-4,6-9,11-12H2,1H3. The van der Waals surface area contributed by atoms with E-state index in [-0.39, 0.29) is 5.56 Å². The summed E-state index contributed by atoms with van der Waals surface area (Å²) in [5.41, 5.74) is 0.920. The second-order valence-electron chi connectivity index (χ2n) is 7.15.